The molecule has 0 saturated carbocycles. The first-order valence-electron chi connectivity index (χ1n) is 6.16. The Kier molecular flexibility index (Phi) is 4.71. The highest BCUT2D eigenvalue weighted by atomic mass is 32.2. The van der Waals surface area contributed by atoms with E-state index in [1.165, 1.54) is 25.8 Å². The van der Waals surface area contributed by atoms with Crippen LogP contribution in [0.3, 0.4) is 0 Å². The van der Waals surface area contributed by atoms with Crippen molar-refractivity contribution in [3.05, 3.63) is 42.5 Å². The van der Waals surface area contributed by atoms with E-state index in [0.29, 0.717) is 12.2 Å². The van der Waals surface area contributed by atoms with Crippen LogP contribution >= 0.6 is 0 Å². The fourth-order valence-corrected chi connectivity index (χ4v) is 3.06. The van der Waals surface area contributed by atoms with Crippen LogP contribution in [0.5, 0.6) is 5.75 Å². The van der Waals surface area contributed by atoms with Gasteiger partial charge in [-0.2, -0.15) is 0 Å². The Hall–Kier alpha value is -2.19. The van der Waals surface area contributed by atoms with Crippen LogP contribution < -0.4 is 14.8 Å². The Bertz CT molecular complexity index is 705. The lowest BCUT2D eigenvalue weighted by Crippen LogP contribution is -2.15. The van der Waals surface area contributed by atoms with Gasteiger partial charge in [-0.1, -0.05) is 6.07 Å². The Morgan fingerprint density at radius 1 is 1.24 bits per heavy atom. The quantitative estimate of drug-likeness (QED) is 0.827. The largest absolute Gasteiger partial charge is 0.495 e. The number of sulfonamides is 1. The van der Waals surface area contributed by atoms with Crippen LogP contribution in [0.2, 0.25) is 0 Å². The van der Waals surface area contributed by atoms with E-state index in [2.05, 4.69) is 20.0 Å². The van der Waals surface area contributed by atoms with E-state index in [-0.39, 0.29) is 10.6 Å². The topological polar surface area (TPSA) is 93.2 Å². The predicted molar refractivity (Wildman–Crippen MR) is 78.6 cm³/mol. The van der Waals surface area contributed by atoms with Gasteiger partial charge < -0.3 is 10.1 Å². The molecule has 0 fully saturated rings. The maximum atomic E-state index is 12.5. The second-order valence-electron chi connectivity index (χ2n) is 4.25. The zero-order valence-electron chi connectivity index (χ0n) is 11.7. The molecule has 0 spiro atoms. The zero-order valence-corrected chi connectivity index (χ0v) is 12.5. The van der Waals surface area contributed by atoms with Gasteiger partial charge in [0.25, 0.3) is 10.0 Å². The van der Waals surface area contributed by atoms with Crippen molar-refractivity contribution in [2.75, 3.05) is 18.9 Å². The third-order valence-electron chi connectivity index (χ3n) is 2.71. The summed E-state index contributed by atoms with van der Waals surface area (Å²) in [5.41, 5.74) is 1.13. The minimum atomic E-state index is -3.78. The Balaban J connectivity index is 2.40. The van der Waals surface area contributed by atoms with Crippen LogP contribution in [0.1, 0.15) is 5.56 Å². The molecule has 0 aliphatic heterocycles. The van der Waals surface area contributed by atoms with Gasteiger partial charge in [0.1, 0.15) is 17.0 Å². The number of benzene rings is 1. The van der Waals surface area contributed by atoms with E-state index >= 15 is 0 Å². The SMILES string of the molecule is CNCc1ccc(OC)c(S(=O)(=O)Nc2cncnc2)c1. The van der Waals surface area contributed by atoms with Gasteiger partial charge in [-0.05, 0) is 24.7 Å². The van der Waals surface area contributed by atoms with Crippen molar-refractivity contribution in [2.45, 2.75) is 11.4 Å². The van der Waals surface area contributed by atoms with Gasteiger partial charge in [0, 0.05) is 6.54 Å². The van der Waals surface area contributed by atoms with Crippen LogP contribution in [0.15, 0.2) is 41.8 Å². The maximum absolute atomic E-state index is 12.5. The molecule has 0 unspecified atom stereocenters. The number of rotatable bonds is 6. The summed E-state index contributed by atoms with van der Waals surface area (Å²) in [6.07, 6.45) is 4.09. The number of hydrogen-bond acceptors (Lipinski definition) is 6. The maximum Gasteiger partial charge on any atom is 0.265 e. The number of anilines is 1. The summed E-state index contributed by atoms with van der Waals surface area (Å²) >= 11 is 0. The van der Waals surface area contributed by atoms with Crippen molar-refractivity contribution in [1.82, 2.24) is 15.3 Å². The summed E-state index contributed by atoms with van der Waals surface area (Å²) in [5, 5.41) is 2.97. The molecule has 0 saturated heterocycles. The molecule has 2 rings (SSSR count). The van der Waals surface area contributed by atoms with Crippen LogP contribution in [0, 0.1) is 0 Å². The van der Waals surface area contributed by atoms with E-state index in [1.54, 1.807) is 25.2 Å². The lowest BCUT2D eigenvalue weighted by atomic mass is 10.2. The average molecular weight is 308 g/mol. The average Bonchev–Trinajstić information content (AvgIpc) is 2.48. The van der Waals surface area contributed by atoms with E-state index in [1.807, 2.05) is 0 Å². The summed E-state index contributed by atoms with van der Waals surface area (Å²) in [6, 6.07) is 5.00. The molecule has 7 nitrogen and oxygen atoms in total. The molecular weight excluding hydrogens is 292 g/mol. The third-order valence-corrected chi connectivity index (χ3v) is 4.11. The van der Waals surface area contributed by atoms with Gasteiger partial charge in [0.15, 0.2) is 0 Å². The number of methoxy groups -OCH3 is 1. The van der Waals surface area contributed by atoms with E-state index < -0.39 is 10.0 Å². The molecule has 2 aromatic rings. The number of ether oxygens (including phenoxy) is 1. The first-order valence-corrected chi connectivity index (χ1v) is 7.64. The van der Waals surface area contributed by atoms with Crippen molar-refractivity contribution in [3.8, 4) is 5.75 Å². The molecule has 0 aliphatic rings. The number of nitrogens with zero attached hydrogens (tertiary/aromatic N) is 2. The summed E-state index contributed by atoms with van der Waals surface area (Å²) in [4.78, 5) is 7.62. The predicted octanol–water partition coefficient (Wildman–Crippen LogP) is 1.01. The van der Waals surface area contributed by atoms with Gasteiger partial charge in [0.2, 0.25) is 0 Å². The monoisotopic (exact) mass is 308 g/mol. The lowest BCUT2D eigenvalue weighted by molar-refractivity contribution is 0.402. The van der Waals surface area contributed by atoms with Gasteiger partial charge in [-0.25, -0.2) is 18.4 Å². The molecule has 2 N–H and O–H groups in total. The molecule has 0 bridgehead atoms. The minimum Gasteiger partial charge on any atom is -0.495 e. The number of hydrogen-bond donors (Lipinski definition) is 2. The molecule has 0 amide bonds. The highest BCUT2D eigenvalue weighted by Gasteiger charge is 2.20. The van der Waals surface area contributed by atoms with E-state index in [0.717, 1.165) is 5.56 Å². The van der Waals surface area contributed by atoms with E-state index in [4.69, 9.17) is 4.74 Å². The third kappa shape index (κ3) is 3.67. The molecule has 8 heteroatoms. The minimum absolute atomic E-state index is 0.0709. The molecule has 0 aliphatic carbocycles. The summed E-state index contributed by atoms with van der Waals surface area (Å²) in [6.45, 7) is 0.557. The second kappa shape index (κ2) is 6.51. The molecule has 21 heavy (non-hydrogen) atoms. The first kappa shape index (κ1) is 15.2. The molecule has 1 heterocycles. The normalized spacial score (nSPS) is 11.1. The van der Waals surface area contributed by atoms with Gasteiger partial charge in [0.05, 0.1) is 25.2 Å². The Morgan fingerprint density at radius 2 is 1.95 bits per heavy atom. The standard InChI is InChI=1S/C13H16N4O3S/c1-14-6-10-3-4-12(20-2)13(5-10)21(18,19)17-11-7-15-9-16-8-11/h3-5,7-9,14,17H,6H2,1-2H3. The first-order chi connectivity index (χ1) is 10.1. The van der Waals surface area contributed by atoms with E-state index in [9.17, 15) is 8.42 Å². The van der Waals surface area contributed by atoms with Gasteiger partial charge in [-0.15, -0.1) is 0 Å². The smallest absolute Gasteiger partial charge is 0.265 e. The summed E-state index contributed by atoms with van der Waals surface area (Å²) < 4.78 is 32.5. The fourth-order valence-electron chi connectivity index (χ4n) is 1.81. The van der Waals surface area contributed by atoms with Crippen molar-refractivity contribution in [3.63, 3.8) is 0 Å². The van der Waals surface area contributed by atoms with Crippen molar-refractivity contribution in [2.24, 2.45) is 0 Å². The molecule has 0 atom stereocenters. The van der Waals surface area contributed by atoms with Gasteiger partial charge in [-0.3, -0.25) is 4.72 Å². The van der Waals surface area contributed by atoms with Crippen LogP contribution in [0.25, 0.3) is 0 Å². The van der Waals surface area contributed by atoms with Crippen LogP contribution in [-0.2, 0) is 16.6 Å². The molecule has 1 aromatic heterocycles. The summed E-state index contributed by atoms with van der Waals surface area (Å²) in [5.74, 6) is 0.277. The van der Waals surface area contributed by atoms with Crippen LogP contribution in [-0.4, -0.2) is 32.5 Å². The number of nitrogens with one attached hydrogen (secondary N) is 2. The highest BCUT2D eigenvalue weighted by Crippen LogP contribution is 2.26. The van der Waals surface area contributed by atoms with Gasteiger partial charge >= 0.3 is 0 Å². The van der Waals surface area contributed by atoms with Crippen molar-refractivity contribution in [1.29, 1.82) is 0 Å². The fraction of sp³-hybridized carbons (Fsp3) is 0.231. The lowest BCUT2D eigenvalue weighted by Gasteiger charge is -2.12. The molecule has 1 aromatic carbocycles. The molecule has 112 valence electrons. The van der Waals surface area contributed by atoms with Crippen LogP contribution in [0.4, 0.5) is 5.69 Å². The molecule has 0 radical (unpaired) electrons. The highest BCUT2D eigenvalue weighted by molar-refractivity contribution is 7.92. The second-order valence-corrected chi connectivity index (χ2v) is 5.90. The van der Waals surface area contributed by atoms with Crippen molar-refractivity contribution < 1.29 is 13.2 Å². The number of aromatic nitrogens is 2. The molecular formula is C13H16N4O3S. The summed E-state index contributed by atoms with van der Waals surface area (Å²) in [7, 11) is -0.562. The Labute approximate surface area is 123 Å². The zero-order chi connectivity index (χ0) is 15.3. The van der Waals surface area contributed by atoms with Crippen molar-refractivity contribution >= 4 is 15.7 Å². The Morgan fingerprint density at radius 3 is 2.57 bits per heavy atom.